The van der Waals surface area contributed by atoms with Crippen LogP contribution in [0, 0.1) is 19.1 Å². The van der Waals surface area contributed by atoms with Gasteiger partial charge in [0.05, 0.1) is 16.8 Å². The fourth-order valence-corrected chi connectivity index (χ4v) is 2.78. The normalized spacial score (nSPS) is 10.8. The number of aryl methyl sites for hydroxylation is 2. The van der Waals surface area contributed by atoms with Crippen molar-refractivity contribution in [2.45, 2.75) is 13.8 Å². The number of benzene rings is 3. The standard InChI is InChI=1S/C24H20NO5/c1-16-6-9-18(10-7-16)11-12-22(26)21-14-17(2)8-13-23(21)30-24(27)19-4-3-5-20(15-19)25(28)29/h3-15,28H,1-2H3/q-1. The Balaban J connectivity index is 1.84. The van der Waals surface area contributed by atoms with Crippen molar-refractivity contribution in [3.05, 3.63) is 106 Å². The lowest BCUT2D eigenvalue weighted by Crippen LogP contribution is -2.13. The molecule has 0 aromatic heterocycles. The Morgan fingerprint density at radius 3 is 2.37 bits per heavy atom. The molecule has 0 fully saturated rings. The van der Waals surface area contributed by atoms with Gasteiger partial charge in [-0.15, -0.1) is 0 Å². The van der Waals surface area contributed by atoms with Gasteiger partial charge in [-0.3, -0.25) is 10.0 Å². The number of carbonyl (C=O) groups excluding carboxylic acids is 2. The van der Waals surface area contributed by atoms with Gasteiger partial charge in [0.1, 0.15) is 5.75 Å². The Hall–Kier alpha value is -3.74. The zero-order chi connectivity index (χ0) is 21.7. The molecule has 0 spiro atoms. The molecule has 6 heteroatoms. The van der Waals surface area contributed by atoms with E-state index in [4.69, 9.17) is 9.94 Å². The summed E-state index contributed by atoms with van der Waals surface area (Å²) in [6, 6.07) is 18.1. The molecule has 1 N–H and O–H groups in total. The van der Waals surface area contributed by atoms with Gasteiger partial charge in [-0.25, -0.2) is 4.79 Å². The maximum absolute atomic E-state index is 12.8. The lowest BCUT2D eigenvalue weighted by atomic mass is 10.0. The molecule has 0 aliphatic rings. The van der Waals surface area contributed by atoms with Gasteiger partial charge < -0.3 is 15.2 Å². The van der Waals surface area contributed by atoms with Crippen molar-refractivity contribution in [3.63, 3.8) is 0 Å². The number of ketones is 1. The van der Waals surface area contributed by atoms with Crippen LogP contribution < -0.4 is 9.96 Å². The van der Waals surface area contributed by atoms with E-state index in [1.54, 1.807) is 24.3 Å². The van der Waals surface area contributed by atoms with Crippen molar-refractivity contribution >= 4 is 23.5 Å². The van der Waals surface area contributed by atoms with Gasteiger partial charge in [-0.2, -0.15) is 0 Å². The molecule has 0 saturated heterocycles. The summed E-state index contributed by atoms with van der Waals surface area (Å²) >= 11 is 0. The number of allylic oxidation sites excluding steroid dienone is 1. The summed E-state index contributed by atoms with van der Waals surface area (Å²) in [5, 5.41) is 19.7. The van der Waals surface area contributed by atoms with E-state index in [1.165, 1.54) is 30.3 Å². The first-order chi connectivity index (χ1) is 14.3. The summed E-state index contributed by atoms with van der Waals surface area (Å²) in [6.45, 7) is 3.82. The molecule has 3 rings (SSSR count). The average Bonchev–Trinajstić information content (AvgIpc) is 2.74. The summed E-state index contributed by atoms with van der Waals surface area (Å²) in [4.78, 5) is 25.3. The Kier molecular flexibility index (Phi) is 6.41. The topological polar surface area (TPSA) is 89.9 Å². The average molecular weight is 402 g/mol. The van der Waals surface area contributed by atoms with Crippen molar-refractivity contribution in [2.75, 3.05) is 5.23 Å². The first-order valence-corrected chi connectivity index (χ1v) is 9.21. The van der Waals surface area contributed by atoms with Crippen molar-refractivity contribution < 1.29 is 19.5 Å². The van der Waals surface area contributed by atoms with Gasteiger partial charge in [0.15, 0.2) is 5.78 Å². The number of carbonyl (C=O) groups is 2. The molecule has 6 nitrogen and oxygen atoms in total. The highest BCUT2D eigenvalue weighted by atomic mass is 16.8. The summed E-state index contributed by atoms with van der Waals surface area (Å²) in [7, 11) is 0. The van der Waals surface area contributed by atoms with Crippen molar-refractivity contribution in [3.8, 4) is 5.75 Å². The smallest absolute Gasteiger partial charge is 0.343 e. The summed E-state index contributed by atoms with van der Waals surface area (Å²) < 4.78 is 5.41. The van der Waals surface area contributed by atoms with Crippen LogP contribution in [0.1, 0.15) is 37.4 Å². The molecule has 0 heterocycles. The highest BCUT2D eigenvalue weighted by Crippen LogP contribution is 2.24. The largest absolute Gasteiger partial charge is 0.733 e. The molecule has 0 atom stereocenters. The molecule has 3 aromatic rings. The van der Waals surface area contributed by atoms with Crippen LogP contribution in [0.2, 0.25) is 0 Å². The first kappa shape index (κ1) is 21.0. The van der Waals surface area contributed by atoms with E-state index in [9.17, 15) is 14.8 Å². The minimum absolute atomic E-state index is 0.0663. The lowest BCUT2D eigenvalue weighted by molar-refractivity contribution is 0.0733. The Labute approximate surface area is 174 Å². The van der Waals surface area contributed by atoms with E-state index in [1.807, 2.05) is 38.1 Å². The molecule has 152 valence electrons. The SMILES string of the molecule is Cc1ccc(C=CC(=O)c2cc(C)ccc2OC(=O)c2cccc(N([O-])O)c2)cc1. The summed E-state index contributed by atoms with van der Waals surface area (Å²) in [6.07, 6.45) is 3.13. The van der Waals surface area contributed by atoms with Crippen LogP contribution in [-0.4, -0.2) is 17.0 Å². The van der Waals surface area contributed by atoms with Gasteiger partial charge in [0, 0.05) is 0 Å². The van der Waals surface area contributed by atoms with Crippen LogP contribution in [0.25, 0.3) is 6.08 Å². The molecule has 30 heavy (non-hydrogen) atoms. The van der Waals surface area contributed by atoms with E-state index in [0.29, 0.717) is 0 Å². The number of rotatable bonds is 6. The first-order valence-electron chi connectivity index (χ1n) is 9.21. The molecule has 0 aliphatic carbocycles. The maximum atomic E-state index is 12.8. The molecule has 0 bridgehead atoms. The summed E-state index contributed by atoms with van der Waals surface area (Å²) in [5.41, 5.74) is 3.05. The van der Waals surface area contributed by atoms with Crippen LogP contribution in [0.5, 0.6) is 5.75 Å². The molecule has 3 aromatic carbocycles. The molecule has 0 aliphatic heterocycles. The second-order valence-corrected chi connectivity index (χ2v) is 6.82. The van der Waals surface area contributed by atoms with Gasteiger partial charge in [-0.05, 0) is 55.8 Å². The molecule has 0 unspecified atom stereocenters. The quantitative estimate of drug-likeness (QED) is 0.203. The number of ether oxygens (including phenoxy) is 1. The lowest BCUT2D eigenvalue weighted by Gasteiger charge is -2.21. The minimum atomic E-state index is -0.751. The van der Waals surface area contributed by atoms with Crippen LogP contribution >= 0.6 is 0 Å². The Bertz CT molecular complexity index is 1100. The number of nitrogens with zero attached hydrogens (tertiary/aromatic N) is 1. The van der Waals surface area contributed by atoms with E-state index in [-0.39, 0.29) is 33.6 Å². The van der Waals surface area contributed by atoms with Crippen molar-refractivity contribution in [1.82, 2.24) is 0 Å². The van der Waals surface area contributed by atoms with Gasteiger partial charge in [0.2, 0.25) is 0 Å². The fourth-order valence-electron chi connectivity index (χ4n) is 2.78. The number of hydrogen-bond acceptors (Lipinski definition) is 6. The third-order valence-electron chi connectivity index (χ3n) is 4.41. The van der Waals surface area contributed by atoms with E-state index in [2.05, 4.69) is 0 Å². The van der Waals surface area contributed by atoms with Gasteiger partial charge in [0.25, 0.3) is 0 Å². The third kappa shape index (κ3) is 5.20. The van der Waals surface area contributed by atoms with Crippen LogP contribution in [0.15, 0.2) is 72.8 Å². The molecular formula is C24H20NO5-. The monoisotopic (exact) mass is 402 g/mol. The number of anilines is 1. The number of esters is 1. The molecule has 0 amide bonds. The Morgan fingerprint density at radius 1 is 0.967 bits per heavy atom. The second kappa shape index (κ2) is 9.17. The zero-order valence-electron chi connectivity index (χ0n) is 16.5. The van der Waals surface area contributed by atoms with Crippen LogP contribution in [0.3, 0.4) is 0 Å². The highest BCUT2D eigenvalue weighted by molar-refractivity contribution is 6.09. The van der Waals surface area contributed by atoms with E-state index < -0.39 is 5.97 Å². The predicted molar refractivity (Wildman–Crippen MR) is 115 cm³/mol. The van der Waals surface area contributed by atoms with Crippen LogP contribution in [-0.2, 0) is 0 Å². The van der Waals surface area contributed by atoms with Gasteiger partial charge >= 0.3 is 5.97 Å². The predicted octanol–water partition coefficient (Wildman–Crippen LogP) is 5.11. The van der Waals surface area contributed by atoms with Crippen molar-refractivity contribution in [2.24, 2.45) is 0 Å². The highest BCUT2D eigenvalue weighted by Gasteiger charge is 2.16. The summed E-state index contributed by atoms with van der Waals surface area (Å²) in [5.74, 6) is -0.950. The Morgan fingerprint density at radius 2 is 1.67 bits per heavy atom. The third-order valence-corrected chi connectivity index (χ3v) is 4.41. The minimum Gasteiger partial charge on any atom is -0.733 e. The molecular weight excluding hydrogens is 382 g/mol. The fraction of sp³-hybridized carbons (Fsp3) is 0.0833. The molecule has 0 radical (unpaired) electrons. The zero-order valence-corrected chi connectivity index (χ0v) is 16.5. The second-order valence-electron chi connectivity index (χ2n) is 6.82. The van der Waals surface area contributed by atoms with Crippen molar-refractivity contribution in [1.29, 1.82) is 0 Å². The maximum Gasteiger partial charge on any atom is 0.343 e. The van der Waals surface area contributed by atoms with Gasteiger partial charge in [-0.1, -0.05) is 53.6 Å². The van der Waals surface area contributed by atoms with E-state index in [0.717, 1.165) is 16.7 Å². The van der Waals surface area contributed by atoms with Crippen LogP contribution in [0.4, 0.5) is 5.69 Å². The number of hydrogen-bond donors (Lipinski definition) is 1. The van der Waals surface area contributed by atoms with E-state index >= 15 is 0 Å². The molecule has 0 saturated carbocycles.